The molecule has 178 valence electrons. The second-order valence-electron chi connectivity index (χ2n) is 7.81. The van der Waals surface area contributed by atoms with Crippen molar-refractivity contribution in [3.8, 4) is 16.9 Å². The van der Waals surface area contributed by atoms with Gasteiger partial charge in [-0.25, -0.2) is 14.0 Å². The molecule has 0 saturated heterocycles. The Morgan fingerprint density at radius 3 is 2.38 bits per heavy atom. The molecule has 0 spiro atoms. The van der Waals surface area contributed by atoms with Crippen LogP contribution in [0.4, 0.5) is 4.39 Å². The summed E-state index contributed by atoms with van der Waals surface area (Å²) >= 11 is 0. The maximum atomic E-state index is 13.7. The van der Waals surface area contributed by atoms with Gasteiger partial charge >= 0.3 is 11.3 Å². The first-order valence-electron chi connectivity index (χ1n) is 10.6. The Morgan fingerprint density at radius 1 is 0.941 bits per heavy atom. The Morgan fingerprint density at radius 2 is 1.68 bits per heavy atom. The highest BCUT2D eigenvalue weighted by Gasteiger charge is 2.19. The van der Waals surface area contributed by atoms with E-state index >= 15 is 0 Å². The summed E-state index contributed by atoms with van der Waals surface area (Å²) in [6.45, 7) is 2.27. The predicted octanol–water partition coefficient (Wildman–Crippen LogP) is 3.51. The topological polar surface area (TPSA) is 102 Å². The number of benzene rings is 2. The summed E-state index contributed by atoms with van der Waals surface area (Å²) in [5.41, 5.74) is -0.250. The molecule has 0 aliphatic carbocycles. The molecule has 2 heterocycles. The average Bonchev–Trinajstić information content (AvgIpc) is 2.81. The Balaban J connectivity index is 1.88. The molecule has 0 atom stereocenters. The van der Waals surface area contributed by atoms with Gasteiger partial charge in [0, 0.05) is 56.3 Å². The molecule has 1 N–H and O–H groups in total. The van der Waals surface area contributed by atoms with Crippen molar-refractivity contribution in [2.75, 3.05) is 40.5 Å². The quantitative estimate of drug-likeness (QED) is 0.372. The summed E-state index contributed by atoms with van der Waals surface area (Å²) in [6, 6.07) is 9.53. The highest BCUT2D eigenvalue weighted by atomic mass is 19.1. The van der Waals surface area contributed by atoms with Gasteiger partial charge in [0.1, 0.15) is 22.7 Å². The van der Waals surface area contributed by atoms with Crippen LogP contribution in [0.5, 0.6) is 5.75 Å². The highest BCUT2D eigenvalue weighted by molar-refractivity contribution is 5.97. The molecule has 0 amide bonds. The zero-order valence-corrected chi connectivity index (χ0v) is 18.8. The molecule has 0 radical (unpaired) electrons. The third-order valence-electron chi connectivity index (χ3n) is 5.58. The predicted molar refractivity (Wildman–Crippen MR) is 125 cm³/mol. The Hall–Kier alpha value is -3.53. The van der Waals surface area contributed by atoms with Crippen LogP contribution >= 0.6 is 0 Å². The fraction of sp³-hybridized carbons (Fsp3) is 0.280. The number of aromatic hydroxyl groups is 1. The molecule has 0 aliphatic rings. The number of fused-ring (bicyclic) bond motifs is 2. The van der Waals surface area contributed by atoms with Crippen LogP contribution < -0.4 is 11.3 Å². The standard InChI is InChI=1S/C25H24FNO7/c1-31-9-7-27(8-10-32-2)14-20-21(28)5-4-17-18(13-23(29)34-24(17)20)19-12-15-11-16(26)3-6-22(15)33-25(19)30/h3-6,11-13,28H,7-10,14H2,1-2H3. The fourth-order valence-corrected chi connectivity index (χ4v) is 3.86. The summed E-state index contributed by atoms with van der Waals surface area (Å²) in [5.74, 6) is -0.538. The smallest absolute Gasteiger partial charge is 0.344 e. The lowest BCUT2D eigenvalue weighted by molar-refractivity contribution is 0.110. The van der Waals surface area contributed by atoms with Gasteiger partial charge in [-0.1, -0.05) is 0 Å². The highest BCUT2D eigenvalue weighted by Crippen LogP contribution is 2.33. The zero-order valence-electron chi connectivity index (χ0n) is 18.8. The number of hydrogen-bond donors (Lipinski definition) is 1. The lowest BCUT2D eigenvalue weighted by atomic mass is 9.99. The van der Waals surface area contributed by atoms with Gasteiger partial charge in [-0.05, 0) is 36.4 Å². The van der Waals surface area contributed by atoms with Crippen LogP contribution in [0.15, 0.2) is 60.9 Å². The van der Waals surface area contributed by atoms with Crippen LogP contribution in [-0.2, 0) is 16.0 Å². The summed E-state index contributed by atoms with van der Waals surface area (Å²) < 4.78 is 34.9. The molecular formula is C25H24FNO7. The molecule has 2 aromatic carbocycles. The summed E-state index contributed by atoms with van der Waals surface area (Å²) in [7, 11) is 3.19. The third-order valence-corrected chi connectivity index (χ3v) is 5.58. The van der Waals surface area contributed by atoms with E-state index in [-0.39, 0.29) is 34.6 Å². The van der Waals surface area contributed by atoms with Gasteiger partial charge in [0.15, 0.2) is 0 Å². The van der Waals surface area contributed by atoms with Gasteiger partial charge in [0.25, 0.3) is 0 Å². The van der Waals surface area contributed by atoms with Crippen molar-refractivity contribution in [2.24, 2.45) is 0 Å². The minimum absolute atomic E-state index is 0.0553. The molecule has 8 nitrogen and oxygen atoms in total. The van der Waals surface area contributed by atoms with E-state index < -0.39 is 17.1 Å². The van der Waals surface area contributed by atoms with Gasteiger partial charge in [-0.3, -0.25) is 4.90 Å². The number of rotatable bonds is 9. The van der Waals surface area contributed by atoms with Crippen LogP contribution in [-0.4, -0.2) is 50.5 Å². The molecule has 2 aromatic heterocycles. The van der Waals surface area contributed by atoms with Crippen molar-refractivity contribution in [3.63, 3.8) is 0 Å². The summed E-state index contributed by atoms with van der Waals surface area (Å²) in [5, 5.41) is 11.4. The van der Waals surface area contributed by atoms with Gasteiger partial charge in [0.05, 0.1) is 24.3 Å². The Bertz CT molecular complexity index is 1440. The van der Waals surface area contributed by atoms with Crippen molar-refractivity contribution >= 4 is 21.9 Å². The number of methoxy groups -OCH3 is 2. The largest absolute Gasteiger partial charge is 0.507 e. The van der Waals surface area contributed by atoms with E-state index in [1.165, 1.54) is 36.4 Å². The molecule has 4 rings (SSSR count). The molecule has 0 aliphatic heterocycles. The number of hydrogen-bond acceptors (Lipinski definition) is 8. The van der Waals surface area contributed by atoms with Crippen molar-refractivity contribution in [3.05, 3.63) is 74.7 Å². The fourth-order valence-electron chi connectivity index (χ4n) is 3.86. The summed E-state index contributed by atoms with van der Waals surface area (Å²) in [4.78, 5) is 27.3. The van der Waals surface area contributed by atoms with E-state index in [2.05, 4.69) is 0 Å². The van der Waals surface area contributed by atoms with Crippen LogP contribution in [0, 0.1) is 5.82 Å². The SMILES string of the molecule is COCCN(CCOC)Cc1c(O)ccc2c(-c3cc4cc(F)ccc4oc3=O)cc(=O)oc12. The molecule has 0 unspecified atom stereocenters. The molecule has 0 bridgehead atoms. The van der Waals surface area contributed by atoms with Crippen LogP contribution in [0.3, 0.4) is 0 Å². The Labute approximate surface area is 193 Å². The van der Waals surface area contributed by atoms with E-state index in [1.807, 2.05) is 4.90 Å². The van der Waals surface area contributed by atoms with E-state index in [4.69, 9.17) is 18.3 Å². The zero-order chi connectivity index (χ0) is 24.2. The molecule has 9 heteroatoms. The first-order chi connectivity index (χ1) is 16.4. The van der Waals surface area contributed by atoms with Gasteiger partial charge < -0.3 is 23.4 Å². The van der Waals surface area contributed by atoms with Crippen molar-refractivity contribution < 1.29 is 27.8 Å². The minimum Gasteiger partial charge on any atom is -0.507 e. The summed E-state index contributed by atoms with van der Waals surface area (Å²) in [6.07, 6.45) is 0. The van der Waals surface area contributed by atoms with Crippen molar-refractivity contribution in [1.29, 1.82) is 0 Å². The van der Waals surface area contributed by atoms with E-state index in [0.717, 1.165) is 0 Å². The lowest BCUT2D eigenvalue weighted by Gasteiger charge is -2.22. The van der Waals surface area contributed by atoms with Gasteiger partial charge in [-0.15, -0.1) is 0 Å². The second kappa shape index (κ2) is 10.2. The monoisotopic (exact) mass is 469 g/mol. The normalized spacial score (nSPS) is 11.6. The third kappa shape index (κ3) is 4.86. The maximum absolute atomic E-state index is 13.7. The molecule has 34 heavy (non-hydrogen) atoms. The number of nitrogens with zero attached hydrogens (tertiary/aromatic N) is 1. The molecular weight excluding hydrogens is 445 g/mol. The van der Waals surface area contributed by atoms with Gasteiger partial charge in [0.2, 0.25) is 0 Å². The van der Waals surface area contributed by atoms with Crippen molar-refractivity contribution in [1.82, 2.24) is 4.90 Å². The van der Waals surface area contributed by atoms with E-state index in [1.54, 1.807) is 20.3 Å². The molecule has 4 aromatic rings. The molecule has 0 saturated carbocycles. The van der Waals surface area contributed by atoms with E-state index in [9.17, 15) is 19.1 Å². The number of phenols is 1. The maximum Gasteiger partial charge on any atom is 0.344 e. The Kier molecular flexibility index (Phi) is 7.06. The van der Waals surface area contributed by atoms with Crippen LogP contribution in [0.25, 0.3) is 33.1 Å². The average molecular weight is 469 g/mol. The van der Waals surface area contributed by atoms with Gasteiger partial charge in [-0.2, -0.15) is 0 Å². The van der Waals surface area contributed by atoms with Crippen LogP contribution in [0.2, 0.25) is 0 Å². The second-order valence-corrected chi connectivity index (χ2v) is 7.81. The first kappa shape index (κ1) is 23.6. The first-order valence-corrected chi connectivity index (χ1v) is 10.6. The number of halogens is 1. The minimum atomic E-state index is -0.701. The number of ether oxygens (including phenoxy) is 2. The number of phenolic OH excluding ortho intramolecular Hbond substituents is 1. The van der Waals surface area contributed by atoms with Crippen LogP contribution in [0.1, 0.15) is 5.56 Å². The molecule has 0 fully saturated rings. The van der Waals surface area contributed by atoms with E-state index in [0.29, 0.717) is 42.6 Å². The van der Waals surface area contributed by atoms with Crippen molar-refractivity contribution in [2.45, 2.75) is 6.54 Å². The lowest BCUT2D eigenvalue weighted by Crippen LogP contribution is -2.30.